The molecule has 0 saturated carbocycles. The van der Waals surface area contributed by atoms with Crippen molar-refractivity contribution in [2.45, 2.75) is 20.4 Å². The molecule has 0 fully saturated rings. The fourth-order valence-electron chi connectivity index (χ4n) is 1.95. The standard InChI is InChI=1S/C14H16ClN3OS/c1-8-13(20-9(2)17-8)14(19)18(3)7-10-6-11(16)4-5-12(10)15/h4-6H,7,16H2,1-3H3. The van der Waals surface area contributed by atoms with Crippen LogP contribution in [0, 0.1) is 13.8 Å². The molecule has 0 saturated heterocycles. The fraction of sp³-hybridized carbons (Fsp3) is 0.286. The van der Waals surface area contributed by atoms with E-state index < -0.39 is 0 Å². The number of aromatic nitrogens is 1. The highest BCUT2D eigenvalue weighted by molar-refractivity contribution is 7.13. The van der Waals surface area contributed by atoms with E-state index >= 15 is 0 Å². The molecule has 6 heteroatoms. The molecule has 0 unspecified atom stereocenters. The highest BCUT2D eigenvalue weighted by Gasteiger charge is 2.18. The number of hydrogen-bond donors (Lipinski definition) is 1. The Labute approximate surface area is 127 Å². The van der Waals surface area contributed by atoms with E-state index in [1.807, 2.05) is 13.8 Å². The Balaban J connectivity index is 2.19. The molecule has 2 N–H and O–H groups in total. The SMILES string of the molecule is Cc1nc(C)c(C(=O)N(C)Cc2cc(N)ccc2Cl)s1. The van der Waals surface area contributed by atoms with Gasteiger partial charge in [0, 0.05) is 24.3 Å². The number of carbonyl (C=O) groups is 1. The zero-order valence-electron chi connectivity index (χ0n) is 11.6. The molecule has 2 aromatic rings. The van der Waals surface area contributed by atoms with Gasteiger partial charge in [0.25, 0.3) is 5.91 Å². The summed E-state index contributed by atoms with van der Waals surface area (Å²) in [6.45, 7) is 4.15. The number of rotatable bonds is 3. The molecule has 0 atom stereocenters. The van der Waals surface area contributed by atoms with Gasteiger partial charge in [0.15, 0.2) is 0 Å². The first-order chi connectivity index (χ1) is 9.38. The molecular formula is C14H16ClN3OS. The zero-order valence-corrected chi connectivity index (χ0v) is 13.2. The highest BCUT2D eigenvalue weighted by Crippen LogP contribution is 2.23. The van der Waals surface area contributed by atoms with Gasteiger partial charge in [-0.3, -0.25) is 4.79 Å². The first-order valence-corrected chi connectivity index (χ1v) is 7.31. The number of carbonyl (C=O) groups excluding carboxylic acids is 1. The van der Waals surface area contributed by atoms with Crippen LogP contribution in [0.1, 0.15) is 25.9 Å². The van der Waals surface area contributed by atoms with Crippen molar-refractivity contribution in [1.29, 1.82) is 0 Å². The minimum atomic E-state index is -0.0495. The van der Waals surface area contributed by atoms with Crippen molar-refractivity contribution in [3.63, 3.8) is 0 Å². The normalized spacial score (nSPS) is 10.6. The Kier molecular flexibility index (Phi) is 4.30. The van der Waals surface area contributed by atoms with Crippen LogP contribution in [0.2, 0.25) is 5.02 Å². The van der Waals surface area contributed by atoms with E-state index in [9.17, 15) is 4.79 Å². The maximum atomic E-state index is 12.4. The number of hydrogen-bond acceptors (Lipinski definition) is 4. The molecule has 0 aliphatic heterocycles. The molecule has 0 aliphatic rings. The average Bonchev–Trinajstić information content (AvgIpc) is 2.72. The number of nitrogen functional groups attached to an aromatic ring is 1. The summed E-state index contributed by atoms with van der Waals surface area (Å²) in [4.78, 5) is 19.0. The van der Waals surface area contributed by atoms with Gasteiger partial charge in [0.2, 0.25) is 0 Å². The number of nitrogens with two attached hydrogens (primary N) is 1. The minimum absolute atomic E-state index is 0.0495. The number of amides is 1. The average molecular weight is 310 g/mol. The third-order valence-electron chi connectivity index (χ3n) is 2.92. The van der Waals surface area contributed by atoms with Gasteiger partial charge in [0.1, 0.15) is 4.88 Å². The second-order valence-corrected chi connectivity index (χ2v) is 6.27. The molecular weight excluding hydrogens is 294 g/mol. The van der Waals surface area contributed by atoms with Crippen molar-refractivity contribution in [3.8, 4) is 0 Å². The molecule has 20 heavy (non-hydrogen) atoms. The summed E-state index contributed by atoms with van der Waals surface area (Å²) in [6.07, 6.45) is 0. The van der Waals surface area contributed by atoms with E-state index in [1.165, 1.54) is 11.3 Å². The molecule has 106 valence electrons. The van der Waals surface area contributed by atoms with Crippen LogP contribution in [0.3, 0.4) is 0 Å². The number of halogens is 1. The molecule has 1 aromatic carbocycles. The van der Waals surface area contributed by atoms with Crippen LogP contribution in [0.25, 0.3) is 0 Å². The molecule has 0 radical (unpaired) electrons. The van der Waals surface area contributed by atoms with Crippen LogP contribution in [-0.2, 0) is 6.54 Å². The Morgan fingerprint density at radius 2 is 2.15 bits per heavy atom. The van der Waals surface area contributed by atoms with Crippen LogP contribution < -0.4 is 5.73 Å². The van der Waals surface area contributed by atoms with Crippen LogP contribution in [0.5, 0.6) is 0 Å². The molecule has 1 heterocycles. The largest absolute Gasteiger partial charge is 0.399 e. The molecule has 0 bridgehead atoms. The Morgan fingerprint density at radius 3 is 2.75 bits per heavy atom. The van der Waals surface area contributed by atoms with E-state index in [4.69, 9.17) is 17.3 Å². The van der Waals surface area contributed by atoms with Crippen molar-refractivity contribution < 1.29 is 4.79 Å². The molecule has 0 spiro atoms. The molecule has 4 nitrogen and oxygen atoms in total. The summed E-state index contributed by atoms with van der Waals surface area (Å²) in [5.41, 5.74) is 7.98. The second kappa shape index (κ2) is 5.81. The van der Waals surface area contributed by atoms with Crippen molar-refractivity contribution in [2.24, 2.45) is 0 Å². The lowest BCUT2D eigenvalue weighted by Crippen LogP contribution is -2.26. The first-order valence-electron chi connectivity index (χ1n) is 6.12. The summed E-state index contributed by atoms with van der Waals surface area (Å²) in [5.74, 6) is -0.0495. The van der Waals surface area contributed by atoms with Gasteiger partial charge in [0.05, 0.1) is 10.7 Å². The Bertz CT molecular complexity index is 654. The fourth-order valence-corrected chi connectivity index (χ4v) is 3.04. The third-order valence-corrected chi connectivity index (χ3v) is 4.35. The summed E-state index contributed by atoms with van der Waals surface area (Å²) in [5, 5.41) is 1.50. The topological polar surface area (TPSA) is 59.2 Å². The van der Waals surface area contributed by atoms with Gasteiger partial charge in [-0.05, 0) is 37.6 Å². The number of aryl methyl sites for hydroxylation is 2. The van der Waals surface area contributed by atoms with Gasteiger partial charge in [-0.15, -0.1) is 11.3 Å². The van der Waals surface area contributed by atoms with Crippen LogP contribution >= 0.6 is 22.9 Å². The van der Waals surface area contributed by atoms with Gasteiger partial charge >= 0.3 is 0 Å². The molecule has 2 rings (SSSR count). The van der Waals surface area contributed by atoms with E-state index in [1.54, 1.807) is 30.1 Å². The minimum Gasteiger partial charge on any atom is -0.399 e. The van der Waals surface area contributed by atoms with Crippen molar-refractivity contribution >= 4 is 34.5 Å². The predicted molar refractivity (Wildman–Crippen MR) is 83.2 cm³/mol. The van der Waals surface area contributed by atoms with Crippen molar-refractivity contribution in [3.05, 3.63) is 44.4 Å². The summed E-state index contributed by atoms with van der Waals surface area (Å²) >= 11 is 7.53. The number of thiazole rings is 1. The quantitative estimate of drug-likeness (QED) is 0.885. The maximum Gasteiger partial charge on any atom is 0.265 e. The van der Waals surface area contributed by atoms with Crippen LogP contribution in [0.15, 0.2) is 18.2 Å². The van der Waals surface area contributed by atoms with Gasteiger partial charge in [-0.1, -0.05) is 11.6 Å². The van der Waals surface area contributed by atoms with E-state index in [-0.39, 0.29) is 5.91 Å². The number of anilines is 1. The van der Waals surface area contributed by atoms with E-state index in [0.29, 0.717) is 22.1 Å². The summed E-state index contributed by atoms with van der Waals surface area (Å²) < 4.78 is 0. The number of benzene rings is 1. The first kappa shape index (κ1) is 14.8. The second-order valence-electron chi connectivity index (χ2n) is 4.66. The van der Waals surface area contributed by atoms with Crippen molar-refractivity contribution in [1.82, 2.24) is 9.88 Å². The van der Waals surface area contributed by atoms with E-state index in [2.05, 4.69) is 4.98 Å². The highest BCUT2D eigenvalue weighted by atomic mass is 35.5. The lowest BCUT2D eigenvalue weighted by Gasteiger charge is -2.17. The Hall–Kier alpha value is -1.59. The summed E-state index contributed by atoms with van der Waals surface area (Å²) in [7, 11) is 1.75. The molecule has 1 aromatic heterocycles. The predicted octanol–water partition coefficient (Wildman–Crippen LogP) is 3.27. The third kappa shape index (κ3) is 3.11. The maximum absolute atomic E-state index is 12.4. The van der Waals surface area contributed by atoms with Gasteiger partial charge in [-0.25, -0.2) is 4.98 Å². The molecule has 1 amide bonds. The smallest absolute Gasteiger partial charge is 0.265 e. The molecule has 0 aliphatic carbocycles. The Morgan fingerprint density at radius 1 is 1.45 bits per heavy atom. The lowest BCUT2D eigenvalue weighted by atomic mass is 10.2. The van der Waals surface area contributed by atoms with Crippen molar-refractivity contribution in [2.75, 3.05) is 12.8 Å². The monoisotopic (exact) mass is 309 g/mol. The zero-order chi connectivity index (χ0) is 14.9. The lowest BCUT2D eigenvalue weighted by molar-refractivity contribution is 0.0789. The van der Waals surface area contributed by atoms with E-state index in [0.717, 1.165) is 16.3 Å². The number of nitrogens with zero attached hydrogens (tertiary/aromatic N) is 2. The van der Waals surface area contributed by atoms with Crippen LogP contribution in [-0.4, -0.2) is 22.8 Å². The van der Waals surface area contributed by atoms with Crippen LogP contribution in [0.4, 0.5) is 5.69 Å². The van der Waals surface area contributed by atoms with Gasteiger partial charge in [-0.2, -0.15) is 0 Å². The summed E-state index contributed by atoms with van der Waals surface area (Å²) in [6, 6.07) is 5.27. The van der Waals surface area contributed by atoms with Gasteiger partial charge < -0.3 is 10.6 Å².